The zero-order valence-corrected chi connectivity index (χ0v) is 18.0. The largest absolute Gasteiger partial charge is 0.345 e. The number of anilines is 1. The van der Waals surface area contributed by atoms with E-state index in [1.165, 1.54) is 5.56 Å². The highest BCUT2D eigenvalue weighted by Gasteiger charge is 2.23. The van der Waals surface area contributed by atoms with Crippen LogP contribution in [0.1, 0.15) is 15.9 Å². The lowest BCUT2D eigenvalue weighted by atomic mass is 10.1. The summed E-state index contributed by atoms with van der Waals surface area (Å²) in [4.78, 5) is 29.3. The van der Waals surface area contributed by atoms with E-state index in [1.54, 1.807) is 23.1 Å². The Morgan fingerprint density at radius 2 is 1.87 bits per heavy atom. The van der Waals surface area contributed by atoms with E-state index in [0.717, 1.165) is 58.8 Å². The third-order valence-corrected chi connectivity index (χ3v) is 6.98. The molecule has 0 aliphatic carbocycles. The summed E-state index contributed by atoms with van der Waals surface area (Å²) >= 11 is 3.31. The number of fused-ring (bicyclic) bond motifs is 1. The van der Waals surface area contributed by atoms with Crippen molar-refractivity contribution < 1.29 is 4.79 Å². The quantitative estimate of drug-likeness (QED) is 0.474. The average molecular weight is 436 g/mol. The summed E-state index contributed by atoms with van der Waals surface area (Å²) in [5.74, 6) is 0.908. The van der Waals surface area contributed by atoms with Crippen molar-refractivity contribution in [3.63, 3.8) is 0 Å². The van der Waals surface area contributed by atoms with Crippen LogP contribution in [0.15, 0.2) is 65.3 Å². The number of nitrogens with one attached hydrogen (secondary N) is 1. The summed E-state index contributed by atoms with van der Waals surface area (Å²) < 4.78 is 0. The second kappa shape index (κ2) is 8.49. The summed E-state index contributed by atoms with van der Waals surface area (Å²) in [5.41, 5.74) is 3.95. The fourth-order valence-electron chi connectivity index (χ4n) is 3.55. The number of aromatic amines is 1. The van der Waals surface area contributed by atoms with Crippen molar-refractivity contribution in [1.82, 2.24) is 19.9 Å². The minimum absolute atomic E-state index is 0.102. The number of benzene rings is 2. The highest BCUT2D eigenvalue weighted by molar-refractivity contribution is 7.98. The zero-order valence-electron chi connectivity index (χ0n) is 16.3. The third-order valence-electron chi connectivity index (χ3n) is 5.20. The molecular formula is C22H21N5OS2. The molecule has 152 valence electrons. The molecule has 0 bridgehead atoms. The van der Waals surface area contributed by atoms with Gasteiger partial charge in [-0.3, -0.25) is 4.79 Å². The van der Waals surface area contributed by atoms with E-state index in [0.29, 0.717) is 0 Å². The van der Waals surface area contributed by atoms with Gasteiger partial charge in [0.05, 0.1) is 11.0 Å². The number of hydrogen-bond acceptors (Lipinski definition) is 6. The van der Waals surface area contributed by atoms with E-state index < -0.39 is 0 Å². The average Bonchev–Trinajstić information content (AvgIpc) is 3.47. The molecule has 30 heavy (non-hydrogen) atoms. The maximum atomic E-state index is 12.9. The number of carbonyl (C=O) groups excluding carboxylic acids is 1. The van der Waals surface area contributed by atoms with Gasteiger partial charge in [0.1, 0.15) is 0 Å². The molecule has 1 fully saturated rings. The highest BCUT2D eigenvalue weighted by atomic mass is 32.2. The fourth-order valence-corrected chi connectivity index (χ4v) is 5.09. The molecule has 2 aromatic carbocycles. The van der Waals surface area contributed by atoms with Crippen LogP contribution >= 0.6 is 23.1 Å². The number of rotatable bonds is 5. The minimum atomic E-state index is 0.102. The number of para-hydroxylation sites is 2. The van der Waals surface area contributed by atoms with Crippen LogP contribution in [0.3, 0.4) is 0 Å². The van der Waals surface area contributed by atoms with Crippen LogP contribution in [-0.4, -0.2) is 51.9 Å². The zero-order chi connectivity index (χ0) is 20.3. The van der Waals surface area contributed by atoms with Gasteiger partial charge in [0.25, 0.3) is 5.91 Å². The lowest BCUT2D eigenvalue weighted by molar-refractivity contribution is 0.0747. The molecule has 0 saturated carbocycles. The molecule has 1 saturated heterocycles. The maximum absolute atomic E-state index is 12.9. The number of amides is 1. The lowest BCUT2D eigenvalue weighted by Gasteiger charge is -2.34. The van der Waals surface area contributed by atoms with Gasteiger partial charge in [-0.25, -0.2) is 9.97 Å². The number of H-pyrrole nitrogens is 1. The van der Waals surface area contributed by atoms with Crippen LogP contribution in [0.4, 0.5) is 5.13 Å². The van der Waals surface area contributed by atoms with E-state index in [-0.39, 0.29) is 5.91 Å². The number of thiazole rings is 1. The highest BCUT2D eigenvalue weighted by Crippen LogP contribution is 2.24. The van der Waals surface area contributed by atoms with Crippen molar-refractivity contribution in [3.05, 3.63) is 71.2 Å². The van der Waals surface area contributed by atoms with Crippen molar-refractivity contribution in [2.45, 2.75) is 10.9 Å². The standard InChI is InChI=1S/C22H21N5OS2/c28-20(26-10-12-27(13-11-26)22-23-9-14-29-22)17-7-5-16(6-8-17)15-30-21-24-18-3-1-2-4-19(18)25-21/h1-9,14H,10-13,15H2,(H,24,25). The van der Waals surface area contributed by atoms with E-state index in [1.807, 2.05) is 65.0 Å². The summed E-state index contributed by atoms with van der Waals surface area (Å²) in [5, 5.41) is 3.93. The Morgan fingerprint density at radius 3 is 2.60 bits per heavy atom. The van der Waals surface area contributed by atoms with E-state index >= 15 is 0 Å². The van der Waals surface area contributed by atoms with Gasteiger partial charge in [-0.05, 0) is 29.8 Å². The van der Waals surface area contributed by atoms with Gasteiger partial charge in [0.2, 0.25) is 0 Å². The molecule has 1 aliphatic heterocycles. The minimum Gasteiger partial charge on any atom is -0.345 e. The summed E-state index contributed by atoms with van der Waals surface area (Å²) in [6.45, 7) is 3.10. The second-order valence-corrected chi connectivity index (χ2v) is 8.98. The van der Waals surface area contributed by atoms with Gasteiger partial charge in [-0.15, -0.1) is 11.3 Å². The van der Waals surface area contributed by atoms with E-state index in [2.05, 4.69) is 19.9 Å². The topological polar surface area (TPSA) is 65.1 Å². The molecule has 1 amide bonds. The van der Waals surface area contributed by atoms with Gasteiger partial charge < -0.3 is 14.8 Å². The van der Waals surface area contributed by atoms with Crippen LogP contribution in [-0.2, 0) is 5.75 Å². The fraction of sp³-hybridized carbons (Fsp3) is 0.227. The van der Waals surface area contributed by atoms with Crippen molar-refractivity contribution in [1.29, 1.82) is 0 Å². The normalized spacial score (nSPS) is 14.4. The van der Waals surface area contributed by atoms with Crippen LogP contribution in [0.5, 0.6) is 0 Å². The molecule has 0 unspecified atom stereocenters. The molecular weight excluding hydrogens is 414 g/mol. The summed E-state index contributed by atoms with van der Waals surface area (Å²) in [6, 6.07) is 16.0. The van der Waals surface area contributed by atoms with E-state index in [4.69, 9.17) is 0 Å². The van der Waals surface area contributed by atoms with Gasteiger partial charge >= 0.3 is 0 Å². The van der Waals surface area contributed by atoms with Crippen molar-refractivity contribution in [2.75, 3.05) is 31.1 Å². The molecule has 1 N–H and O–H groups in total. The molecule has 6 nitrogen and oxygen atoms in total. The maximum Gasteiger partial charge on any atom is 0.253 e. The van der Waals surface area contributed by atoms with Crippen LogP contribution < -0.4 is 4.90 Å². The Labute approximate surface area is 183 Å². The van der Waals surface area contributed by atoms with E-state index in [9.17, 15) is 4.79 Å². The number of nitrogens with zero attached hydrogens (tertiary/aromatic N) is 4. The molecule has 5 rings (SSSR count). The smallest absolute Gasteiger partial charge is 0.253 e. The van der Waals surface area contributed by atoms with Crippen molar-refractivity contribution in [3.8, 4) is 0 Å². The third kappa shape index (κ3) is 4.06. The Morgan fingerprint density at radius 1 is 1.07 bits per heavy atom. The Bertz CT molecular complexity index is 1100. The first kappa shape index (κ1) is 19.1. The molecule has 4 aromatic rings. The molecule has 1 aliphatic rings. The van der Waals surface area contributed by atoms with Gasteiger partial charge in [0, 0.05) is 49.1 Å². The Balaban J connectivity index is 1.17. The second-order valence-electron chi connectivity index (χ2n) is 7.14. The van der Waals surface area contributed by atoms with Crippen molar-refractivity contribution in [2.24, 2.45) is 0 Å². The number of imidazole rings is 1. The van der Waals surface area contributed by atoms with Gasteiger partial charge in [-0.1, -0.05) is 36.0 Å². The molecule has 2 aromatic heterocycles. The Hall–Kier alpha value is -2.84. The number of aromatic nitrogens is 3. The molecule has 0 radical (unpaired) electrons. The van der Waals surface area contributed by atoms with Gasteiger partial charge in [0.15, 0.2) is 10.3 Å². The monoisotopic (exact) mass is 435 g/mol. The molecule has 8 heteroatoms. The number of carbonyl (C=O) groups is 1. The number of hydrogen-bond donors (Lipinski definition) is 1. The van der Waals surface area contributed by atoms with Crippen LogP contribution in [0.2, 0.25) is 0 Å². The molecule has 0 atom stereocenters. The lowest BCUT2D eigenvalue weighted by Crippen LogP contribution is -2.48. The number of thioether (sulfide) groups is 1. The van der Waals surface area contributed by atoms with Crippen LogP contribution in [0.25, 0.3) is 11.0 Å². The van der Waals surface area contributed by atoms with Gasteiger partial charge in [-0.2, -0.15) is 0 Å². The summed E-state index contributed by atoms with van der Waals surface area (Å²) in [6.07, 6.45) is 1.82. The first-order valence-corrected chi connectivity index (χ1v) is 11.7. The first-order chi connectivity index (χ1) is 14.8. The molecule has 0 spiro atoms. The SMILES string of the molecule is O=C(c1ccc(CSc2nc3ccccc3[nH]2)cc1)N1CCN(c2nccs2)CC1. The summed E-state index contributed by atoms with van der Waals surface area (Å²) in [7, 11) is 0. The first-order valence-electron chi connectivity index (χ1n) is 9.86. The number of piperazine rings is 1. The predicted molar refractivity (Wildman–Crippen MR) is 122 cm³/mol. The predicted octanol–water partition coefficient (Wildman–Crippen LogP) is 4.27. The van der Waals surface area contributed by atoms with Crippen molar-refractivity contribution >= 4 is 45.2 Å². The molecule has 3 heterocycles. The van der Waals surface area contributed by atoms with Crippen LogP contribution in [0, 0.1) is 0 Å². The Kier molecular flexibility index (Phi) is 5.42.